The van der Waals surface area contributed by atoms with Gasteiger partial charge in [0.2, 0.25) is 0 Å². The molecule has 1 heterocycles. The van der Waals surface area contributed by atoms with Gasteiger partial charge in [-0.05, 0) is 23.1 Å². The third-order valence-corrected chi connectivity index (χ3v) is 5.62. The number of nitrogens with one attached hydrogen (secondary N) is 3. The maximum absolute atomic E-state index is 12.5. The number of esters is 1. The molecule has 0 spiro atoms. The molecule has 182 valence electrons. The maximum Gasteiger partial charge on any atom is 0.324 e. The predicted octanol–water partition coefficient (Wildman–Crippen LogP) is 1.57. The Balaban J connectivity index is 1.03. The molecular weight excluding hydrogens is 438 g/mol. The lowest BCUT2D eigenvalue weighted by Crippen LogP contribution is -2.35. The smallest absolute Gasteiger partial charge is 0.324 e. The molecule has 1 unspecified atom stereocenters. The Labute approximate surface area is 198 Å². The van der Waals surface area contributed by atoms with Crippen molar-refractivity contribution in [1.82, 2.24) is 10.6 Å². The second-order valence-corrected chi connectivity index (χ2v) is 7.95. The summed E-state index contributed by atoms with van der Waals surface area (Å²) in [5.41, 5.74) is 2.61. The highest BCUT2D eigenvalue weighted by molar-refractivity contribution is 6.23. The molecule has 9 heteroatoms. The van der Waals surface area contributed by atoms with Crippen molar-refractivity contribution in [3.63, 3.8) is 0 Å². The predicted molar refractivity (Wildman–Crippen MR) is 129 cm³/mol. The lowest BCUT2D eigenvalue weighted by molar-refractivity contribution is -0.147. The fraction of sp³-hybridized carbons (Fsp3) is 0.440. The van der Waals surface area contributed by atoms with Crippen LogP contribution >= 0.6 is 0 Å². The van der Waals surface area contributed by atoms with E-state index in [1.807, 2.05) is 36.4 Å². The summed E-state index contributed by atoms with van der Waals surface area (Å²) in [6.45, 7) is 4.69. The van der Waals surface area contributed by atoms with Gasteiger partial charge in [-0.3, -0.25) is 14.9 Å². The molecule has 1 fully saturated rings. The second-order valence-electron chi connectivity index (χ2n) is 7.95. The lowest BCUT2D eigenvalue weighted by Gasteiger charge is -2.17. The van der Waals surface area contributed by atoms with Crippen LogP contribution in [0.5, 0.6) is 0 Å². The zero-order valence-corrected chi connectivity index (χ0v) is 19.1. The fourth-order valence-corrected chi connectivity index (χ4v) is 3.95. The van der Waals surface area contributed by atoms with E-state index < -0.39 is 0 Å². The summed E-state index contributed by atoms with van der Waals surface area (Å²) in [5, 5.41) is 11.4. The number of rotatable bonds is 14. The van der Waals surface area contributed by atoms with E-state index in [-0.39, 0.29) is 24.4 Å². The number of ketones is 1. The van der Waals surface area contributed by atoms with Crippen molar-refractivity contribution in [2.45, 2.75) is 6.04 Å². The van der Waals surface area contributed by atoms with Crippen LogP contribution in [0.4, 0.5) is 5.69 Å². The third kappa shape index (κ3) is 6.40. The van der Waals surface area contributed by atoms with Crippen molar-refractivity contribution in [3.05, 3.63) is 47.5 Å². The molecule has 0 saturated carbocycles. The summed E-state index contributed by atoms with van der Waals surface area (Å²) < 4.78 is 21.6. The Morgan fingerprint density at radius 2 is 1.71 bits per heavy atom. The van der Waals surface area contributed by atoms with Gasteiger partial charge in [-0.2, -0.15) is 0 Å². The van der Waals surface area contributed by atoms with E-state index in [4.69, 9.17) is 18.9 Å². The lowest BCUT2D eigenvalue weighted by atomic mass is 9.91. The summed E-state index contributed by atoms with van der Waals surface area (Å²) in [6.07, 6.45) is 3.50. The highest BCUT2D eigenvalue weighted by Crippen LogP contribution is 2.33. The Bertz CT molecular complexity index is 1020. The molecular formula is C25H31N3O6. The molecule has 0 amide bonds. The Morgan fingerprint density at radius 1 is 0.941 bits per heavy atom. The molecule has 2 aromatic carbocycles. The second kappa shape index (κ2) is 12.6. The number of carbonyl (C=O) groups is 2. The molecule has 2 aliphatic rings. The first-order valence-corrected chi connectivity index (χ1v) is 11.6. The van der Waals surface area contributed by atoms with Crippen LogP contribution in [0.2, 0.25) is 0 Å². The minimum Gasteiger partial charge on any atom is -0.462 e. The maximum atomic E-state index is 12.5. The zero-order chi connectivity index (χ0) is 23.6. The summed E-state index contributed by atoms with van der Waals surface area (Å²) in [4.78, 5) is 24.2. The van der Waals surface area contributed by atoms with E-state index in [0.717, 1.165) is 27.6 Å². The van der Waals surface area contributed by atoms with Crippen molar-refractivity contribution in [2.24, 2.45) is 0 Å². The zero-order valence-electron chi connectivity index (χ0n) is 19.1. The molecule has 1 saturated heterocycles. The van der Waals surface area contributed by atoms with Gasteiger partial charge in [0.25, 0.3) is 0 Å². The largest absolute Gasteiger partial charge is 0.462 e. The number of hydrogen-bond donors (Lipinski definition) is 3. The van der Waals surface area contributed by atoms with Gasteiger partial charge in [-0.25, -0.2) is 0 Å². The van der Waals surface area contributed by atoms with E-state index in [0.29, 0.717) is 59.4 Å². The molecule has 1 aliphatic heterocycles. The summed E-state index contributed by atoms with van der Waals surface area (Å²) in [6, 6.07) is 9.75. The van der Waals surface area contributed by atoms with E-state index >= 15 is 0 Å². The first kappa shape index (κ1) is 24.3. The van der Waals surface area contributed by atoms with E-state index in [1.165, 1.54) is 0 Å². The van der Waals surface area contributed by atoms with Crippen LogP contribution < -0.4 is 16.0 Å². The van der Waals surface area contributed by atoms with Gasteiger partial charge >= 0.3 is 5.97 Å². The van der Waals surface area contributed by atoms with Gasteiger partial charge in [0.05, 0.1) is 45.2 Å². The van der Waals surface area contributed by atoms with Gasteiger partial charge in [-0.1, -0.05) is 30.3 Å². The van der Waals surface area contributed by atoms with Crippen LogP contribution in [0.15, 0.2) is 36.4 Å². The van der Waals surface area contributed by atoms with Gasteiger partial charge in [0.1, 0.15) is 12.6 Å². The van der Waals surface area contributed by atoms with Gasteiger partial charge < -0.3 is 29.6 Å². The van der Waals surface area contributed by atoms with E-state index in [9.17, 15) is 9.59 Å². The average Bonchev–Trinajstić information content (AvgIpc) is 3.40. The van der Waals surface area contributed by atoms with E-state index in [2.05, 4.69) is 16.0 Å². The Hall–Kier alpha value is -2.82. The van der Waals surface area contributed by atoms with Crippen LogP contribution in [0.1, 0.15) is 15.9 Å². The molecule has 0 radical (unpaired) electrons. The summed E-state index contributed by atoms with van der Waals surface area (Å²) >= 11 is 0. The average molecular weight is 470 g/mol. The van der Waals surface area contributed by atoms with Crippen LogP contribution in [0.3, 0.4) is 0 Å². The minimum atomic E-state index is -0.272. The molecule has 34 heavy (non-hydrogen) atoms. The molecule has 2 aromatic rings. The Kier molecular flexibility index (Phi) is 9.00. The molecule has 0 aromatic heterocycles. The topological polar surface area (TPSA) is 107 Å². The fourth-order valence-electron chi connectivity index (χ4n) is 3.95. The number of anilines is 1. The van der Waals surface area contributed by atoms with Gasteiger partial charge in [-0.15, -0.1) is 0 Å². The Morgan fingerprint density at radius 3 is 2.47 bits per heavy atom. The first-order chi connectivity index (χ1) is 16.7. The highest BCUT2D eigenvalue weighted by Gasteiger charge is 2.22. The van der Waals surface area contributed by atoms with Crippen LogP contribution in [-0.4, -0.2) is 83.8 Å². The van der Waals surface area contributed by atoms with Crippen LogP contribution in [0.25, 0.3) is 16.8 Å². The number of benzene rings is 2. The summed E-state index contributed by atoms with van der Waals surface area (Å²) in [5.74, 6) is -0.241. The van der Waals surface area contributed by atoms with Gasteiger partial charge in [0.15, 0.2) is 5.78 Å². The summed E-state index contributed by atoms with van der Waals surface area (Å²) in [7, 11) is 0. The molecule has 9 nitrogen and oxygen atoms in total. The van der Waals surface area contributed by atoms with Crippen molar-refractivity contribution < 1.29 is 28.5 Å². The van der Waals surface area contributed by atoms with Crippen molar-refractivity contribution in [1.29, 1.82) is 0 Å². The molecule has 1 atom stereocenters. The highest BCUT2D eigenvalue weighted by atomic mass is 16.6. The molecule has 4 rings (SSSR count). The first-order valence-electron chi connectivity index (χ1n) is 11.6. The van der Waals surface area contributed by atoms with Gasteiger partial charge in [0, 0.05) is 30.8 Å². The molecule has 0 bridgehead atoms. The normalized spacial score (nSPS) is 16.8. The quantitative estimate of drug-likeness (QED) is 0.281. The van der Waals surface area contributed by atoms with Crippen molar-refractivity contribution >= 4 is 34.3 Å². The monoisotopic (exact) mass is 469 g/mol. The van der Waals surface area contributed by atoms with Crippen LogP contribution in [-0.2, 0) is 23.7 Å². The number of carbonyl (C=O) groups excluding carboxylic acids is 2. The third-order valence-electron chi connectivity index (χ3n) is 5.62. The minimum absolute atomic E-state index is 0.0182. The van der Waals surface area contributed by atoms with Crippen LogP contribution in [0, 0.1) is 0 Å². The number of ether oxygens (including phenoxy) is 4. The molecule has 1 aliphatic carbocycles. The molecule has 3 N–H and O–H groups in total. The van der Waals surface area contributed by atoms with Crippen molar-refractivity contribution in [2.75, 3.05) is 71.3 Å². The number of hydrogen-bond acceptors (Lipinski definition) is 9. The SMILES string of the molecule is O=C1C=Cc2cccc3ccc(NCCOCCOCCOCCOC(=O)C4CNCN4)c1c23. The number of allylic oxidation sites excluding steroid dienone is 1. The van der Waals surface area contributed by atoms with Crippen molar-refractivity contribution in [3.8, 4) is 0 Å². The van der Waals surface area contributed by atoms with E-state index in [1.54, 1.807) is 6.08 Å². The standard InChI is InChI=1S/C25H31N3O6/c29-22-7-5-19-3-1-2-18-4-6-20(24(22)23(18)19)27-8-9-31-10-11-32-12-13-33-14-15-34-25(30)21-16-26-17-28-21/h1-7,21,26-28H,8-17H2.